The van der Waals surface area contributed by atoms with Crippen molar-refractivity contribution in [1.29, 1.82) is 0 Å². The van der Waals surface area contributed by atoms with Gasteiger partial charge in [0.15, 0.2) is 0 Å². The maximum atomic E-state index is 13.3. The van der Waals surface area contributed by atoms with E-state index in [2.05, 4.69) is 5.32 Å². The summed E-state index contributed by atoms with van der Waals surface area (Å²) in [5, 5.41) is 3.03. The molecule has 1 aliphatic rings. The third-order valence-electron chi connectivity index (χ3n) is 4.16. The Morgan fingerprint density at radius 3 is 2.57 bits per heavy atom. The van der Waals surface area contributed by atoms with E-state index >= 15 is 0 Å². The number of hydrogen-bond donors (Lipinski definition) is 2. The molecule has 3 N–H and O–H groups in total. The third kappa shape index (κ3) is 3.40. The van der Waals surface area contributed by atoms with E-state index in [1.54, 1.807) is 36.4 Å². The Morgan fingerprint density at radius 1 is 1.17 bits per heavy atom. The highest BCUT2D eigenvalue weighted by Crippen LogP contribution is 2.30. The Hall–Kier alpha value is -2.27. The fraction of sp³-hybridized carbons (Fsp3) is 0.222. The van der Waals surface area contributed by atoms with Crippen LogP contribution in [0, 0.1) is 5.82 Å². The van der Waals surface area contributed by atoms with Crippen molar-refractivity contribution in [2.45, 2.75) is 25.3 Å². The lowest BCUT2D eigenvalue weighted by molar-refractivity contribution is 0.0933. The Morgan fingerprint density at radius 2 is 1.87 bits per heavy atom. The summed E-state index contributed by atoms with van der Waals surface area (Å²) in [6, 6.07) is 11.6. The van der Waals surface area contributed by atoms with E-state index in [9.17, 15) is 9.18 Å². The predicted octanol–water partition coefficient (Wildman–Crippen LogP) is 3.27. The van der Waals surface area contributed by atoms with Crippen LogP contribution in [0.1, 0.15) is 45.9 Å². The third-order valence-corrected chi connectivity index (χ3v) is 4.39. The highest BCUT2D eigenvalue weighted by Gasteiger charge is 2.22. The minimum absolute atomic E-state index is 0.0814. The summed E-state index contributed by atoms with van der Waals surface area (Å²) < 4.78 is 13.3. The summed E-state index contributed by atoms with van der Waals surface area (Å²) in [6.07, 6.45) is 2.64. The summed E-state index contributed by atoms with van der Waals surface area (Å²) in [7, 11) is 0. The number of aryl methyl sites for hydroxylation is 1. The fourth-order valence-electron chi connectivity index (χ4n) is 2.96. The number of thiocarbonyl (C=S) groups is 1. The number of amides is 1. The van der Waals surface area contributed by atoms with Crippen molar-refractivity contribution in [2.75, 3.05) is 0 Å². The van der Waals surface area contributed by atoms with Gasteiger partial charge < -0.3 is 11.1 Å². The zero-order valence-corrected chi connectivity index (χ0v) is 13.3. The molecule has 5 heteroatoms. The second-order valence-corrected chi connectivity index (χ2v) is 6.14. The van der Waals surface area contributed by atoms with Crippen LogP contribution in [0.2, 0.25) is 0 Å². The van der Waals surface area contributed by atoms with E-state index in [4.69, 9.17) is 18.0 Å². The number of carbonyl (C=O) groups excluding carboxylic acids is 1. The molecule has 2 aromatic rings. The first kappa shape index (κ1) is 15.6. The van der Waals surface area contributed by atoms with Gasteiger partial charge in [0.25, 0.3) is 5.91 Å². The molecule has 1 atom stereocenters. The molecule has 1 unspecified atom stereocenters. The van der Waals surface area contributed by atoms with Crippen LogP contribution in [0.3, 0.4) is 0 Å². The Balaban J connectivity index is 1.77. The number of carbonyl (C=O) groups is 1. The van der Waals surface area contributed by atoms with Crippen LogP contribution in [0.25, 0.3) is 0 Å². The smallest absolute Gasteiger partial charge is 0.251 e. The van der Waals surface area contributed by atoms with E-state index in [0.717, 1.165) is 36.0 Å². The van der Waals surface area contributed by atoms with Crippen molar-refractivity contribution in [1.82, 2.24) is 5.32 Å². The molecular formula is C18H17FN2OS. The number of nitrogens with two attached hydrogens (primary N) is 1. The van der Waals surface area contributed by atoms with Crippen molar-refractivity contribution in [3.8, 4) is 0 Å². The van der Waals surface area contributed by atoms with E-state index in [1.807, 2.05) is 0 Å². The largest absolute Gasteiger partial charge is 0.389 e. The van der Waals surface area contributed by atoms with Crippen LogP contribution in [-0.2, 0) is 6.42 Å². The summed E-state index contributed by atoms with van der Waals surface area (Å²) in [4.78, 5) is 12.7. The molecular weight excluding hydrogens is 311 g/mol. The van der Waals surface area contributed by atoms with Crippen LogP contribution in [-0.4, -0.2) is 10.9 Å². The van der Waals surface area contributed by atoms with Crippen molar-refractivity contribution in [3.05, 3.63) is 70.5 Å². The molecule has 0 saturated carbocycles. The van der Waals surface area contributed by atoms with E-state index in [0.29, 0.717) is 10.6 Å². The molecule has 0 aliphatic heterocycles. The lowest BCUT2D eigenvalue weighted by Gasteiger charge is -2.26. The van der Waals surface area contributed by atoms with Gasteiger partial charge in [-0.25, -0.2) is 4.39 Å². The van der Waals surface area contributed by atoms with Gasteiger partial charge in [-0.15, -0.1) is 0 Å². The first-order chi connectivity index (χ1) is 11.0. The van der Waals surface area contributed by atoms with Crippen molar-refractivity contribution < 1.29 is 9.18 Å². The van der Waals surface area contributed by atoms with Crippen LogP contribution >= 0.6 is 12.2 Å². The molecule has 0 heterocycles. The monoisotopic (exact) mass is 328 g/mol. The van der Waals surface area contributed by atoms with Gasteiger partial charge in [-0.05, 0) is 54.7 Å². The summed E-state index contributed by atoms with van der Waals surface area (Å²) >= 11 is 4.90. The Kier molecular flexibility index (Phi) is 4.39. The Bertz CT molecular complexity index is 758. The molecule has 3 rings (SSSR count). The average molecular weight is 328 g/mol. The zero-order valence-electron chi connectivity index (χ0n) is 12.5. The molecule has 0 saturated heterocycles. The number of benzene rings is 2. The summed E-state index contributed by atoms with van der Waals surface area (Å²) in [5.41, 5.74) is 8.82. The average Bonchev–Trinajstić information content (AvgIpc) is 2.54. The van der Waals surface area contributed by atoms with Gasteiger partial charge in [0, 0.05) is 11.1 Å². The molecule has 1 aliphatic carbocycles. The highest BCUT2D eigenvalue weighted by molar-refractivity contribution is 7.80. The molecule has 0 bridgehead atoms. The maximum absolute atomic E-state index is 13.3. The molecule has 2 aromatic carbocycles. The van der Waals surface area contributed by atoms with Gasteiger partial charge in [-0.1, -0.05) is 30.4 Å². The lowest BCUT2D eigenvalue weighted by Crippen LogP contribution is -2.31. The minimum Gasteiger partial charge on any atom is -0.389 e. The molecule has 118 valence electrons. The highest BCUT2D eigenvalue weighted by atomic mass is 32.1. The number of rotatable bonds is 3. The van der Waals surface area contributed by atoms with Crippen molar-refractivity contribution in [2.24, 2.45) is 5.73 Å². The van der Waals surface area contributed by atoms with Crippen LogP contribution in [0.4, 0.5) is 4.39 Å². The number of nitrogens with one attached hydrogen (secondary N) is 1. The molecule has 0 radical (unpaired) electrons. The number of halogens is 1. The molecule has 1 amide bonds. The lowest BCUT2D eigenvalue weighted by atomic mass is 9.87. The topological polar surface area (TPSA) is 55.1 Å². The van der Waals surface area contributed by atoms with Gasteiger partial charge in [0.05, 0.1) is 6.04 Å². The zero-order chi connectivity index (χ0) is 16.4. The quantitative estimate of drug-likeness (QED) is 0.850. The Labute approximate surface area is 139 Å². The van der Waals surface area contributed by atoms with E-state index in [-0.39, 0.29) is 17.8 Å². The summed E-state index contributed by atoms with van der Waals surface area (Å²) in [6.45, 7) is 0. The SMILES string of the molecule is NC(=S)c1ccc(C(=O)NC2CCCc3cc(F)ccc32)cc1. The molecule has 3 nitrogen and oxygen atoms in total. The molecule has 0 fully saturated rings. The first-order valence-electron chi connectivity index (χ1n) is 7.53. The molecule has 0 spiro atoms. The molecule has 0 aromatic heterocycles. The van der Waals surface area contributed by atoms with Crippen molar-refractivity contribution in [3.63, 3.8) is 0 Å². The maximum Gasteiger partial charge on any atom is 0.251 e. The second kappa shape index (κ2) is 6.46. The fourth-order valence-corrected chi connectivity index (χ4v) is 3.10. The van der Waals surface area contributed by atoms with Gasteiger partial charge >= 0.3 is 0 Å². The predicted molar refractivity (Wildman–Crippen MR) is 91.9 cm³/mol. The van der Waals surface area contributed by atoms with Gasteiger partial charge in [-0.3, -0.25) is 4.79 Å². The second-order valence-electron chi connectivity index (χ2n) is 5.70. The summed E-state index contributed by atoms with van der Waals surface area (Å²) in [5.74, 6) is -0.384. The van der Waals surface area contributed by atoms with Gasteiger partial charge in [0.2, 0.25) is 0 Å². The number of fused-ring (bicyclic) bond motifs is 1. The van der Waals surface area contributed by atoms with Crippen molar-refractivity contribution >= 4 is 23.1 Å². The minimum atomic E-state index is -0.232. The number of hydrogen-bond acceptors (Lipinski definition) is 2. The normalized spacial score (nSPS) is 16.5. The van der Waals surface area contributed by atoms with Crippen LogP contribution < -0.4 is 11.1 Å². The van der Waals surface area contributed by atoms with E-state index in [1.165, 1.54) is 6.07 Å². The first-order valence-corrected chi connectivity index (χ1v) is 7.94. The van der Waals surface area contributed by atoms with E-state index < -0.39 is 0 Å². The van der Waals surface area contributed by atoms with Gasteiger partial charge in [0.1, 0.15) is 10.8 Å². The van der Waals surface area contributed by atoms with Crippen LogP contribution in [0.5, 0.6) is 0 Å². The van der Waals surface area contributed by atoms with Gasteiger partial charge in [-0.2, -0.15) is 0 Å². The van der Waals surface area contributed by atoms with Crippen LogP contribution in [0.15, 0.2) is 42.5 Å². The molecule has 23 heavy (non-hydrogen) atoms. The standard InChI is InChI=1S/C18H17FN2OS/c19-14-8-9-15-13(10-14)2-1-3-16(15)21-18(22)12-6-4-11(5-7-12)17(20)23/h4-10,16H,1-3H2,(H2,20,23)(H,21,22).